The van der Waals surface area contributed by atoms with Crippen LogP contribution in [0.2, 0.25) is 0 Å². The average Bonchev–Trinajstić information content (AvgIpc) is 1.60. The summed E-state index contributed by atoms with van der Waals surface area (Å²) < 4.78 is 5.03. The zero-order valence-electron chi connectivity index (χ0n) is 5.23. The summed E-state index contributed by atoms with van der Waals surface area (Å²) in [5, 5.41) is 0. The SMILES string of the molecule is CC(=O)C1(C)CCO1. The maximum absolute atomic E-state index is 10.6. The molecule has 0 N–H and O–H groups in total. The van der Waals surface area contributed by atoms with Crippen LogP contribution in [0, 0.1) is 0 Å². The number of ether oxygens (including phenoxy) is 1. The largest absolute Gasteiger partial charge is 0.367 e. The second kappa shape index (κ2) is 1.55. The molecule has 0 amide bonds. The Balaban J connectivity index is 2.53. The fourth-order valence-corrected chi connectivity index (χ4v) is 0.686. The summed E-state index contributed by atoms with van der Waals surface area (Å²) in [7, 11) is 0. The lowest BCUT2D eigenvalue weighted by Crippen LogP contribution is -2.46. The van der Waals surface area contributed by atoms with Gasteiger partial charge in [0, 0.05) is 6.42 Å². The molecule has 8 heavy (non-hydrogen) atoms. The summed E-state index contributed by atoms with van der Waals surface area (Å²) in [6, 6.07) is 0. The number of hydrogen-bond acceptors (Lipinski definition) is 2. The molecule has 0 aromatic carbocycles. The molecule has 2 nitrogen and oxygen atoms in total. The van der Waals surface area contributed by atoms with Gasteiger partial charge in [0.1, 0.15) is 5.60 Å². The van der Waals surface area contributed by atoms with E-state index in [2.05, 4.69) is 0 Å². The van der Waals surface area contributed by atoms with Crippen LogP contribution in [0.1, 0.15) is 20.3 Å². The van der Waals surface area contributed by atoms with Crippen molar-refractivity contribution < 1.29 is 9.53 Å². The molecule has 1 rings (SSSR count). The van der Waals surface area contributed by atoms with E-state index in [9.17, 15) is 4.79 Å². The monoisotopic (exact) mass is 114 g/mol. The lowest BCUT2D eigenvalue weighted by atomic mass is 9.93. The van der Waals surface area contributed by atoms with E-state index < -0.39 is 5.60 Å². The van der Waals surface area contributed by atoms with E-state index in [0.29, 0.717) is 0 Å². The first-order valence-corrected chi connectivity index (χ1v) is 2.80. The summed E-state index contributed by atoms with van der Waals surface area (Å²) in [6.07, 6.45) is 0.891. The highest BCUT2D eigenvalue weighted by atomic mass is 16.5. The van der Waals surface area contributed by atoms with E-state index in [1.54, 1.807) is 6.92 Å². The number of rotatable bonds is 1. The first-order chi connectivity index (χ1) is 3.65. The number of hydrogen-bond donors (Lipinski definition) is 0. The second-order valence-electron chi connectivity index (χ2n) is 2.39. The molecule has 0 spiro atoms. The number of ketones is 1. The Bertz CT molecular complexity index is 114. The number of carbonyl (C=O) groups is 1. The highest BCUT2D eigenvalue weighted by molar-refractivity contribution is 5.85. The summed E-state index contributed by atoms with van der Waals surface area (Å²) >= 11 is 0. The fourth-order valence-electron chi connectivity index (χ4n) is 0.686. The quantitative estimate of drug-likeness (QED) is 0.503. The van der Waals surface area contributed by atoms with E-state index in [-0.39, 0.29) is 5.78 Å². The van der Waals surface area contributed by atoms with E-state index in [0.717, 1.165) is 13.0 Å². The van der Waals surface area contributed by atoms with Crippen LogP contribution in [0.3, 0.4) is 0 Å². The molecule has 2 heteroatoms. The minimum Gasteiger partial charge on any atom is -0.367 e. The van der Waals surface area contributed by atoms with Crippen molar-refractivity contribution >= 4 is 5.78 Å². The van der Waals surface area contributed by atoms with Crippen LogP contribution >= 0.6 is 0 Å². The topological polar surface area (TPSA) is 26.3 Å². The first kappa shape index (κ1) is 5.76. The minimum absolute atomic E-state index is 0.142. The Morgan fingerprint density at radius 3 is 2.25 bits per heavy atom. The Morgan fingerprint density at radius 1 is 1.75 bits per heavy atom. The van der Waals surface area contributed by atoms with Gasteiger partial charge < -0.3 is 4.74 Å². The van der Waals surface area contributed by atoms with Crippen molar-refractivity contribution in [1.82, 2.24) is 0 Å². The van der Waals surface area contributed by atoms with Crippen LogP contribution in [-0.4, -0.2) is 18.0 Å². The van der Waals surface area contributed by atoms with Crippen molar-refractivity contribution in [2.45, 2.75) is 25.9 Å². The highest BCUT2D eigenvalue weighted by Gasteiger charge is 2.37. The fraction of sp³-hybridized carbons (Fsp3) is 0.833. The first-order valence-electron chi connectivity index (χ1n) is 2.80. The smallest absolute Gasteiger partial charge is 0.161 e. The predicted molar refractivity (Wildman–Crippen MR) is 29.7 cm³/mol. The van der Waals surface area contributed by atoms with Gasteiger partial charge >= 0.3 is 0 Å². The third-order valence-electron chi connectivity index (χ3n) is 1.74. The van der Waals surface area contributed by atoms with Gasteiger partial charge in [0.2, 0.25) is 0 Å². The summed E-state index contributed by atoms with van der Waals surface area (Å²) in [4.78, 5) is 10.6. The molecule has 1 fully saturated rings. The highest BCUT2D eigenvalue weighted by Crippen LogP contribution is 2.25. The molecule has 0 radical (unpaired) electrons. The van der Waals surface area contributed by atoms with Gasteiger partial charge in [-0.25, -0.2) is 0 Å². The van der Waals surface area contributed by atoms with Crippen molar-refractivity contribution in [3.63, 3.8) is 0 Å². The van der Waals surface area contributed by atoms with Gasteiger partial charge in [0.05, 0.1) is 6.61 Å². The molecule has 0 aromatic heterocycles. The molecule has 0 bridgehead atoms. The molecule has 1 saturated heterocycles. The van der Waals surface area contributed by atoms with Crippen LogP contribution in [0.25, 0.3) is 0 Å². The van der Waals surface area contributed by atoms with Gasteiger partial charge in [-0.2, -0.15) is 0 Å². The maximum atomic E-state index is 10.6. The van der Waals surface area contributed by atoms with Gasteiger partial charge in [-0.05, 0) is 13.8 Å². The second-order valence-corrected chi connectivity index (χ2v) is 2.39. The minimum atomic E-state index is -0.417. The van der Waals surface area contributed by atoms with Crippen molar-refractivity contribution in [1.29, 1.82) is 0 Å². The zero-order valence-corrected chi connectivity index (χ0v) is 5.23. The molecular weight excluding hydrogens is 104 g/mol. The molecule has 0 aliphatic carbocycles. The van der Waals surface area contributed by atoms with Crippen LogP contribution in [0.4, 0.5) is 0 Å². The van der Waals surface area contributed by atoms with Gasteiger partial charge in [-0.1, -0.05) is 0 Å². The molecule has 1 atom stereocenters. The molecule has 0 saturated carbocycles. The molecule has 1 unspecified atom stereocenters. The molecule has 1 aliphatic rings. The lowest BCUT2D eigenvalue weighted by molar-refractivity contribution is -0.166. The molecule has 46 valence electrons. The molecule has 0 aromatic rings. The Kier molecular flexibility index (Phi) is 1.12. The summed E-state index contributed by atoms with van der Waals surface area (Å²) in [5.41, 5.74) is -0.417. The summed E-state index contributed by atoms with van der Waals surface area (Å²) in [6.45, 7) is 4.15. The van der Waals surface area contributed by atoms with Gasteiger partial charge in [0.15, 0.2) is 5.78 Å². The predicted octanol–water partition coefficient (Wildman–Crippen LogP) is 0.754. The number of carbonyl (C=O) groups excluding carboxylic acids is 1. The standard InChI is InChI=1S/C6H10O2/c1-5(7)6(2)3-4-8-6/h3-4H2,1-2H3. The van der Waals surface area contributed by atoms with Crippen LogP contribution in [-0.2, 0) is 9.53 Å². The summed E-state index contributed by atoms with van der Waals surface area (Å²) in [5.74, 6) is 0.142. The van der Waals surface area contributed by atoms with E-state index in [1.165, 1.54) is 0 Å². The van der Waals surface area contributed by atoms with Crippen molar-refractivity contribution in [3.05, 3.63) is 0 Å². The van der Waals surface area contributed by atoms with Gasteiger partial charge in [-0.3, -0.25) is 4.79 Å². The number of Topliss-reactive ketones (excluding diaryl/α,β-unsaturated/α-hetero) is 1. The van der Waals surface area contributed by atoms with Gasteiger partial charge in [-0.15, -0.1) is 0 Å². The maximum Gasteiger partial charge on any atom is 0.161 e. The average molecular weight is 114 g/mol. The van der Waals surface area contributed by atoms with Crippen LogP contribution < -0.4 is 0 Å². The van der Waals surface area contributed by atoms with E-state index in [1.807, 2.05) is 6.92 Å². The van der Waals surface area contributed by atoms with E-state index >= 15 is 0 Å². The molecular formula is C6H10O2. The molecule has 1 heterocycles. The Hall–Kier alpha value is -0.370. The van der Waals surface area contributed by atoms with E-state index in [4.69, 9.17) is 4.74 Å². The Labute approximate surface area is 48.8 Å². The van der Waals surface area contributed by atoms with Crippen molar-refractivity contribution in [2.24, 2.45) is 0 Å². The third kappa shape index (κ3) is 0.650. The van der Waals surface area contributed by atoms with Crippen LogP contribution in [0.15, 0.2) is 0 Å². The van der Waals surface area contributed by atoms with Crippen molar-refractivity contribution in [3.8, 4) is 0 Å². The zero-order chi connectivity index (χ0) is 6.20. The Morgan fingerprint density at radius 2 is 2.25 bits per heavy atom. The lowest BCUT2D eigenvalue weighted by Gasteiger charge is -2.35. The van der Waals surface area contributed by atoms with Crippen LogP contribution in [0.5, 0.6) is 0 Å². The van der Waals surface area contributed by atoms with Gasteiger partial charge in [0.25, 0.3) is 0 Å². The normalized spacial score (nSPS) is 36.2. The molecule has 1 aliphatic heterocycles. The van der Waals surface area contributed by atoms with Crippen molar-refractivity contribution in [2.75, 3.05) is 6.61 Å². The third-order valence-corrected chi connectivity index (χ3v) is 1.74.